The van der Waals surface area contributed by atoms with Crippen LogP contribution in [0.25, 0.3) is 0 Å². The molecule has 1 aromatic carbocycles. The third kappa shape index (κ3) is 3.89. The van der Waals surface area contributed by atoms with Crippen molar-refractivity contribution >= 4 is 18.3 Å². The number of carbonyl (C=O) groups excluding carboxylic acids is 1. The summed E-state index contributed by atoms with van der Waals surface area (Å²) >= 11 is 0. The fourth-order valence-corrected chi connectivity index (χ4v) is 1.74. The molecule has 1 aromatic rings. The fraction of sp³-hybridized carbons (Fsp3) is 0.462. The van der Waals surface area contributed by atoms with Gasteiger partial charge < -0.3 is 15.8 Å². The Bertz CT molecular complexity index is 435. The molecule has 6 heteroatoms. The quantitative estimate of drug-likeness (QED) is 0.864. The van der Waals surface area contributed by atoms with Gasteiger partial charge in [0.1, 0.15) is 5.82 Å². The lowest BCUT2D eigenvalue weighted by molar-refractivity contribution is -0.123. The minimum Gasteiger partial charge on any atom is -0.375 e. The van der Waals surface area contributed by atoms with E-state index in [4.69, 9.17) is 10.5 Å². The molecule has 106 valence electrons. The predicted octanol–water partition coefficient (Wildman–Crippen LogP) is 1.54. The fourth-order valence-electron chi connectivity index (χ4n) is 1.74. The summed E-state index contributed by atoms with van der Waals surface area (Å²) < 4.78 is 18.1. The van der Waals surface area contributed by atoms with Crippen molar-refractivity contribution in [3.8, 4) is 0 Å². The molecule has 0 spiro atoms. The van der Waals surface area contributed by atoms with E-state index in [-0.39, 0.29) is 30.2 Å². The molecule has 1 atom stereocenters. The number of carbonyl (C=O) groups is 1. The highest BCUT2D eigenvalue weighted by Crippen LogP contribution is 2.32. The van der Waals surface area contributed by atoms with E-state index in [1.807, 2.05) is 0 Å². The lowest BCUT2D eigenvalue weighted by atomic mass is 10.1. The molecule has 0 heterocycles. The van der Waals surface area contributed by atoms with Crippen LogP contribution in [0.5, 0.6) is 0 Å². The normalized spacial score (nSPS) is 17.2. The monoisotopic (exact) mass is 288 g/mol. The second-order valence-electron chi connectivity index (χ2n) is 4.64. The summed E-state index contributed by atoms with van der Waals surface area (Å²) in [6.45, 7) is 0.333. The highest BCUT2D eigenvalue weighted by Gasteiger charge is 2.45. The molecular weight excluding hydrogens is 271 g/mol. The van der Waals surface area contributed by atoms with E-state index in [1.165, 1.54) is 12.1 Å². The van der Waals surface area contributed by atoms with Crippen LogP contribution in [0.15, 0.2) is 24.3 Å². The average molecular weight is 289 g/mol. The first-order valence-electron chi connectivity index (χ1n) is 5.90. The minimum absolute atomic E-state index is 0. The molecule has 1 amide bonds. The number of benzene rings is 1. The van der Waals surface area contributed by atoms with E-state index in [1.54, 1.807) is 19.2 Å². The smallest absolute Gasteiger partial charge is 0.240 e. The summed E-state index contributed by atoms with van der Waals surface area (Å²) in [5.41, 5.74) is 5.91. The van der Waals surface area contributed by atoms with E-state index < -0.39 is 5.54 Å². The van der Waals surface area contributed by atoms with Crippen molar-refractivity contribution in [3.63, 3.8) is 0 Å². The predicted molar refractivity (Wildman–Crippen MR) is 72.6 cm³/mol. The van der Waals surface area contributed by atoms with Crippen LogP contribution in [0.2, 0.25) is 0 Å². The van der Waals surface area contributed by atoms with Gasteiger partial charge in [-0.2, -0.15) is 0 Å². The van der Waals surface area contributed by atoms with Crippen LogP contribution in [-0.4, -0.2) is 25.1 Å². The Morgan fingerprint density at radius 1 is 1.47 bits per heavy atom. The molecule has 4 nitrogen and oxygen atoms in total. The summed E-state index contributed by atoms with van der Waals surface area (Å²) in [5.74, 6) is -0.441. The summed E-state index contributed by atoms with van der Waals surface area (Å²) in [5, 5.41) is 2.77. The van der Waals surface area contributed by atoms with Crippen LogP contribution >= 0.6 is 12.4 Å². The second kappa shape index (κ2) is 6.32. The van der Waals surface area contributed by atoms with Gasteiger partial charge in [-0.3, -0.25) is 4.79 Å². The molecule has 19 heavy (non-hydrogen) atoms. The van der Waals surface area contributed by atoms with Gasteiger partial charge in [-0.05, 0) is 30.5 Å². The molecule has 0 bridgehead atoms. The van der Waals surface area contributed by atoms with E-state index in [2.05, 4.69) is 5.32 Å². The Labute approximate surface area is 117 Å². The highest BCUT2D eigenvalue weighted by molar-refractivity contribution is 5.88. The van der Waals surface area contributed by atoms with Crippen molar-refractivity contribution < 1.29 is 13.9 Å². The van der Waals surface area contributed by atoms with Crippen LogP contribution in [0.1, 0.15) is 24.5 Å². The maximum Gasteiger partial charge on any atom is 0.240 e. The molecule has 2 rings (SSSR count). The molecule has 1 saturated carbocycles. The van der Waals surface area contributed by atoms with E-state index in [0.29, 0.717) is 6.54 Å². The number of ether oxygens (including phenoxy) is 1. The van der Waals surface area contributed by atoms with Crippen molar-refractivity contribution in [2.45, 2.75) is 24.5 Å². The Morgan fingerprint density at radius 3 is 2.53 bits per heavy atom. The molecular formula is C13H18ClFN2O2. The number of methoxy groups -OCH3 is 1. The van der Waals surface area contributed by atoms with Gasteiger partial charge >= 0.3 is 0 Å². The molecule has 0 aliphatic heterocycles. The van der Waals surface area contributed by atoms with Crippen LogP contribution in [0.3, 0.4) is 0 Å². The first-order chi connectivity index (χ1) is 8.55. The van der Waals surface area contributed by atoms with E-state index in [0.717, 1.165) is 18.4 Å². The van der Waals surface area contributed by atoms with Gasteiger partial charge in [0.25, 0.3) is 0 Å². The maximum atomic E-state index is 12.8. The topological polar surface area (TPSA) is 64.3 Å². The van der Waals surface area contributed by atoms with Crippen molar-refractivity contribution in [1.82, 2.24) is 5.32 Å². The second-order valence-corrected chi connectivity index (χ2v) is 4.64. The van der Waals surface area contributed by atoms with Gasteiger partial charge in [0, 0.05) is 13.7 Å². The van der Waals surface area contributed by atoms with E-state index in [9.17, 15) is 9.18 Å². The van der Waals surface area contributed by atoms with Crippen LogP contribution in [0.4, 0.5) is 4.39 Å². The van der Waals surface area contributed by atoms with Crippen LogP contribution < -0.4 is 11.1 Å². The molecule has 0 aromatic heterocycles. The zero-order valence-corrected chi connectivity index (χ0v) is 11.5. The van der Waals surface area contributed by atoms with Crippen molar-refractivity contribution in [1.29, 1.82) is 0 Å². The third-order valence-electron chi connectivity index (χ3n) is 3.22. The number of nitrogens with one attached hydrogen (secondary N) is 1. The lowest BCUT2D eigenvalue weighted by Gasteiger charge is -2.18. The number of nitrogens with two attached hydrogens (primary N) is 1. The lowest BCUT2D eigenvalue weighted by Crippen LogP contribution is -2.44. The number of hydrogen-bond donors (Lipinski definition) is 2. The summed E-state index contributed by atoms with van der Waals surface area (Å²) in [4.78, 5) is 11.7. The van der Waals surface area contributed by atoms with Gasteiger partial charge in [0.05, 0.1) is 11.6 Å². The molecule has 0 radical (unpaired) electrons. The number of halogens is 2. The molecule has 0 saturated heterocycles. The van der Waals surface area contributed by atoms with Crippen molar-refractivity contribution in [2.75, 3.05) is 13.7 Å². The first-order valence-corrected chi connectivity index (χ1v) is 5.90. The van der Waals surface area contributed by atoms with Crippen molar-refractivity contribution in [2.24, 2.45) is 5.73 Å². The van der Waals surface area contributed by atoms with Gasteiger partial charge in [-0.1, -0.05) is 12.1 Å². The van der Waals surface area contributed by atoms with Gasteiger partial charge in [0.15, 0.2) is 0 Å². The minimum atomic E-state index is -0.679. The summed E-state index contributed by atoms with van der Waals surface area (Å²) in [6, 6.07) is 6.03. The third-order valence-corrected chi connectivity index (χ3v) is 3.22. The average Bonchev–Trinajstić information content (AvgIpc) is 3.11. The standard InChI is InChI=1S/C13H17FN2O2.ClH/c1-18-11(9-2-4-10(14)5-3-9)8-16-12(17)13(15)6-7-13;/h2-5,11H,6-8,15H2,1H3,(H,16,17);1H. The van der Waals surface area contributed by atoms with Gasteiger partial charge in [-0.25, -0.2) is 4.39 Å². The Hall–Kier alpha value is -1.17. The Kier molecular flexibility index (Phi) is 5.29. The van der Waals surface area contributed by atoms with E-state index >= 15 is 0 Å². The van der Waals surface area contributed by atoms with Crippen LogP contribution in [0, 0.1) is 5.82 Å². The number of amides is 1. The maximum absolute atomic E-state index is 12.8. The first kappa shape index (κ1) is 15.9. The number of rotatable bonds is 5. The number of hydrogen-bond acceptors (Lipinski definition) is 3. The van der Waals surface area contributed by atoms with Gasteiger partial charge in [-0.15, -0.1) is 12.4 Å². The summed E-state index contributed by atoms with van der Waals surface area (Å²) in [6.07, 6.45) is 1.16. The molecule has 3 N–H and O–H groups in total. The molecule has 1 aliphatic rings. The Morgan fingerprint density at radius 2 is 2.05 bits per heavy atom. The highest BCUT2D eigenvalue weighted by atomic mass is 35.5. The SMILES string of the molecule is COC(CNC(=O)C1(N)CC1)c1ccc(F)cc1.Cl. The Balaban J connectivity index is 0.00000180. The molecule has 1 unspecified atom stereocenters. The molecule has 1 fully saturated rings. The zero-order chi connectivity index (χ0) is 13.2. The zero-order valence-electron chi connectivity index (χ0n) is 10.7. The largest absolute Gasteiger partial charge is 0.375 e. The summed E-state index contributed by atoms with van der Waals surface area (Å²) in [7, 11) is 1.55. The van der Waals surface area contributed by atoms with Gasteiger partial charge in [0.2, 0.25) is 5.91 Å². The van der Waals surface area contributed by atoms with Crippen molar-refractivity contribution in [3.05, 3.63) is 35.6 Å². The molecule has 1 aliphatic carbocycles. The van der Waals surface area contributed by atoms with Crippen LogP contribution in [-0.2, 0) is 9.53 Å².